The molecule has 2 heterocycles. The van der Waals surface area contributed by atoms with E-state index < -0.39 is 0 Å². The number of hydrogen-bond acceptors (Lipinski definition) is 4. The Morgan fingerprint density at radius 1 is 1.22 bits per heavy atom. The third-order valence-corrected chi connectivity index (χ3v) is 6.18. The fourth-order valence-electron chi connectivity index (χ4n) is 4.44. The summed E-state index contributed by atoms with van der Waals surface area (Å²) in [6.07, 6.45) is 4.66. The lowest BCUT2D eigenvalue weighted by molar-refractivity contribution is -0.149. The summed E-state index contributed by atoms with van der Waals surface area (Å²) in [6, 6.07) is 10.3. The van der Waals surface area contributed by atoms with Gasteiger partial charge in [-0.3, -0.25) is 14.5 Å². The standard InChI is InChI=1S/C22H32N2O3/c1-3-27-21(26)18(2)23-14-11-22(12-15-23)16-20(25)24(17-22)13-7-10-19-8-5-4-6-9-19/h4-6,8-9,18H,3,7,10-17H2,1-2H3/t18-/m1/s1. The normalized spacial score (nSPS) is 20.8. The van der Waals surface area contributed by atoms with E-state index in [2.05, 4.69) is 34.1 Å². The summed E-state index contributed by atoms with van der Waals surface area (Å²) in [7, 11) is 0. The molecule has 2 aliphatic rings. The van der Waals surface area contributed by atoms with Crippen molar-refractivity contribution in [3.8, 4) is 0 Å². The summed E-state index contributed by atoms with van der Waals surface area (Å²) in [5.41, 5.74) is 1.44. The van der Waals surface area contributed by atoms with Crippen LogP contribution in [0.15, 0.2) is 30.3 Å². The topological polar surface area (TPSA) is 49.9 Å². The van der Waals surface area contributed by atoms with E-state index in [9.17, 15) is 9.59 Å². The van der Waals surface area contributed by atoms with Crippen LogP contribution in [0.3, 0.4) is 0 Å². The molecule has 0 aliphatic carbocycles. The van der Waals surface area contributed by atoms with Gasteiger partial charge in [0.1, 0.15) is 6.04 Å². The minimum Gasteiger partial charge on any atom is -0.465 e. The van der Waals surface area contributed by atoms with Crippen LogP contribution in [0.25, 0.3) is 0 Å². The molecule has 3 rings (SSSR count). The van der Waals surface area contributed by atoms with Gasteiger partial charge in [-0.25, -0.2) is 0 Å². The number of rotatable bonds is 7. The molecule has 1 spiro atoms. The van der Waals surface area contributed by atoms with Gasteiger partial charge in [0, 0.05) is 19.5 Å². The quantitative estimate of drug-likeness (QED) is 0.691. The Morgan fingerprint density at radius 3 is 2.59 bits per heavy atom. The molecule has 0 N–H and O–H groups in total. The maximum atomic E-state index is 12.5. The Balaban J connectivity index is 1.46. The molecule has 148 valence electrons. The molecule has 5 heteroatoms. The highest BCUT2D eigenvalue weighted by Crippen LogP contribution is 2.41. The van der Waals surface area contributed by atoms with Crippen molar-refractivity contribution in [3.05, 3.63) is 35.9 Å². The molecule has 1 amide bonds. The lowest BCUT2D eigenvalue weighted by atomic mass is 9.77. The second-order valence-corrected chi connectivity index (χ2v) is 8.05. The third-order valence-electron chi connectivity index (χ3n) is 6.18. The number of likely N-dealkylation sites (tertiary alicyclic amines) is 2. The molecule has 2 fully saturated rings. The predicted octanol–water partition coefficient (Wildman–Crippen LogP) is 2.89. The summed E-state index contributed by atoms with van der Waals surface area (Å²) in [5.74, 6) is 0.161. The van der Waals surface area contributed by atoms with Gasteiger partial charge in [0.15, 0.2) is 0 Å². The van der Waals surface area contributed by atoms with Crippen molar-refractivity contribution in [2.45, 2.75) is 52.0 Å². The van der Waals surface area contributed by atoms with Crippen molar-refractivity contribution in [3.63, 3.8) is 0 Å². The van der Waals surface area contributed by atoms with Crippen molar-refractivity contribution >= 4 is 11.9 Å². The van der Waals surface area contributed by atoms with Crippen LogP contribution in [0.1, 0.15) is 45.1 Å². The third kappa shape index (κ3) is 4.89. The molecule has 27 heavy (non-hydrogen) atoms. The fourth-order valence-corrected chi connectivity index (χ4v) is 4.44. The zero-order valence-electron chi connectivity index (χ0n) is 16.7. The van der Waals surface area contributed by atoms with Crippen molar-refractivity contribution in [2.24, 2.45) is 5.41 Å². The number of carbonyl (C=O) groups is 2. The van der Waals surface area contributed by atoms with Gasteiger partial charge in [0.05, 0.1) is 6.61 Å². The second-order valence-electron chi connectivity index (χ2n) is 8.05. The molecule has 1 atom stereocenters. The number of benzene rings is 1. The van der Waals surface area contributed by atoms with E-state index in [4.69, 9.17) is 4.74 Å². The largest absolute Gasteiger partial charge is 0.465 e. The van der Waals surface area contributed by atoms with Crippen LogP contribution < -0.4 is 0 Å². The van der Waals surface area contributed by atoms with Crippen molar-refractivity contribution in [2.75, 3.05) is 32.8 Å². The maximum absolute atomic E-state index is 12.5. The van der Waals surface area contributed by atoms with E-state index in [-0.39, 0.29) is 17.4 Å². The molecule has 1 aromatic carbocycles. The number of nitrogens with zero attached hydrogens (tertiary/aromatic N) is 2. The fraction of sp³-hybridized carbons (Fsp3) is 0.636. The Labute approximate surface area is 162 Å². The Kier molecular flexibility index (Phi) is 6.53. The molecule has 0 saturated carbocycles. The molecule has 2 saturated heterocycles. The maximum Gasteiger partial charge on any atom is 0.323 e. The number of piperidine rings is 1. The molecule has 5 nitrogen and oxygen atoms in total. The van der Waals surface area contributed by atoms with Crippen LogP contribution >= 0.6 is 0 Å². The lowest BCUT2D eigenvalue weighted by Crippen LogP contribution is -2.48. The average Bonchev–Trinajstić information content (AvgIpc) is 2.98. The Bertz CT molecular complexity index is 638. The second kappa shape index (κ2) is 8.87. The highest BCUT2D eigenvalue weighted by atomic mass is 16.5. The Hall–Kier alpha value is -1.88. The van der Waals surface area contributed by atoms with Crippen LogP contribution in [-0.2, 0) is 20.7 Å². The summed E-state index contributed by atoms with van der Waals surface area (Å²) < 4.78 is 5.15. The first-order valence-corrected chi connectivity index (χ1v) is 10.3. The van der Waals surface area contributed by atoms with Gasteiger partial charge in [-0.05, 0) is 63.6 Å². The van der Waals surface area contributed by atoms with E-state index >= 15 is 0 Å². The van der Waals surface area contributed by atoms with E-state index in [0.717, 1.165) is 51.9 Å². The highest BCUT2D eigenvalue weighted by molar-refractivity contribution is 5.79. The molecular weight excluding hydrogens is 340 g/mol. The van der Waals surface area contributed by atoms with Crippen molar-refractivity contribution < 1.29 is 14.3 Å². The summed E-state index contributed by atoms with van der Waals surface area (Å²) in [5, 5.41) is 0. The van der Waals surface area contributed by atoms with Gasteiger partial charge in [0.2, 0.25) is 5.91 Å². The minimum atomic E-state index is -0.193. The summed E-state index contributed by atoms with van der Waals surface area (Å²) >= 11 is 0. The predicted molar refractivity (Wildman–Crippen MR) is 105 cm³/mol. The monoisotopic (exact) mass is 372 g/mol. The van der Waals surface area contributed by atoms with Crippen LogP contribution in [0.2, 0.25) is 0 Å². The summed E-state index contributed by atoms with van der Waals surface area (Å²) in [6.45, 7) is 7.64. The molecule has 0 radical (unpaired) electrons. The number of esters is 1. The number of carbonyl (C=O) groups excluding carboxylic acids is 2. The average molecular weight is 373 g/mol. The first kappa shape index (κ1) is 19.9. The number of hydrogen-bond donors (Lipinski definition) is 0. The van der Waals surface area contributed by atoms with Crippen LogP contribution in [0, 0.1) is 5.41 Å². The smallest absolute Gasteiger partial charge is 0.323 e. The summed E-state index contributed by atoms with van der Waals surface area (Å²) in [4.78, 5) is 28.8. The van der Waals surface area contributed by atoms with Gasteiger partial charge < -0.3 is 9.64 Å². The Morgan fingerprint density at radius 2 is 1.93 bits per heavy atom. The molecule has 2 aliphatic heterocycles. The van der Waals surface area contributed by atoms with E-state index in [1.54, 1.807) is 0 Å². The number of ether oxygens (including phenoxy) is 1. The minimum absolute atomic E-state index is 0.106. The number of amides is 1. The van der Waals surface area contributed by atoms with Crippen LogP contribution in [0.5, 0.6) is 0 Å². The van der Waals surface area contributed by atoms with Gasteiger partial charge in [0.25, 0.3) is 0 Å². The van der Waals surface area contributed by atoms with Crippen LogP contribution in [0.4, 0.5) is 0 Å². The van der Waals surface area contributed by atoms with Gasteiger partial charge in [-0.1, -0.05) is 30.3 Å². The van der Waals surface area contributed by atoms with Crippen molar-refractivity contribution in [1.82, 2.24) is 9.80 Å². The van der Waals surface area contributed by atoms with E-state index in [1.807, 2.05) is 19.9 Å². The molecular formula is C22H32N2O3. The number of aryl methyl sites for hydroxylation is 1. The molecule has 0 unspecified atom stereocenters. The zero-order valence-corrected chi connectivity index (χ0v) is 16.7. The first-order chi connectivity index (χ1) is 13.0. The van der Waals surface area contributed by atoms with Gasteiger partial charge in [-0.2, -0.15) is 0 Å². The molecule has 1 aromatic rings. The molecule has 0 bridgehead atoms. The zero-order chi connectivity index (χ0) is 19.3. The van der Waals surface area contributed by atoms with Gasteiger partial charge in [-0.15, -0.1) is 0 Å². The van der Waals surface area contributed by atoms with Crippen molar-refractivity contribution in [1.29, 1.82) is 0 Å². The van der Waals surface area contributed by atoms with E-state index in [1.165, 1.54) is 5.56 Å². The molecule has 0 aromatic heterocycles. The van der Waals surface area contributed by atoms with E-state index in [0.29, 0.717) is 18.9 Å². The van der Waals surface area contributed by atoms with Crippen LogP contribution in [-0.4, -0.2) is 60.5 Å². The lowest BCUT2D eigenvalue weighted by Gasteiger charge is -2.40. The SMILES string of the molecule is CCOC(=O)[C@@H](C)N1CCC2(CC1)CC(=O)N(CCCc1ccccc1)C2. The first-order valence-electron chi connectivity index (χ1n) is 10.3. The highest BCUT2D eigenvalue weighted by Gasteiger charge is 2.45. The van der Waals surface area contributed by atoms with Gasteiger partial charge >= 0.3 is 5.97 Å².